The molecule has 0 amide bonds. The molecule has 1 N–H and O–H groups in total. The molecule has 0 spiro atoms. The van der Waals surface area contributed by atoms with E-state index in [0.717, 1.165) is 24.6 Å². The van der Waals surface area contributed by atoms with E-state index in [9.17, 15) is 0 Å². The first-order chi connectivity index (χ1) is 10.2. The molecule has 0 aliphatic carbocycles. The number of anilines is 1. The average Bonchev–Trinajstić information content (AvgIpc) is 3.05. The summed E-state index contributed by atoms with van der Waals surface area (Å²) in [7, 11) is 3.72. The van der Waals surface area contributed by atoms with Crippen molar-refractivity contribution in [2.45, 2.75) is 19.5 Å². The molecule has 21 heavy (non-hydrogen) atoms. The van der Waals surface area contributed by atoms with Gasteiger partial charge in [-0.2, -0.15) is 0 Å². The van der Waals surface area contributed by atoms with Crippen molar-refractivity contribution in [2.24, 2.45) is 0 Å². The highest BCUT2D eigenvalue weighted by atomic mass is 32.1. The standard InChI is InChI=1S/C15H22N4OS/c1-12(14-5-4-8-21-14)19(2)15-17-10-13(11-18-15)9-16-6-7-20-3/h4-5,8,10-12,16H,6-7,9H2,1-3H3. The fourth-order valence-corrected chi connectivity index (χ4v) is 2.75. The first-order valence-corrected chi connectivity index (χ1v) is 7.87. The van der Waals surface area contributed by atoms with E-state index in [0.29, 0.717) is 6.61 Å². The molecule has 6 heteroatoms. The highest BCUT2D eigenvalue weighted by Gasteiger charge is 2.15. The van der Waals surface area contributed by atoms with Crippen molar-refractivity contribution >= 4 is 17.3 Å². The fourth-order valence-electron chi connectivity index (χ4n) is 1.92. The second-order valence-electron chi connectivity index (χ2n) is 4.86. The van der Waals surface area contributed by atoms with Crippen LogP contribution in [0.1, 0.15) is 23.4 Å². The van der Waals surface area contributed by atoms with Crippen LogP contribution in [0.25, 0.3) is 0 Å². The van der Waals surface area contributed by atoms with E-state index in [4.69, 9.17) is 4.74 Å². The van der Waals surface area contributed by atoms with Crippen LogP contribution >= 0.6 is 11.3 Å². The average molecular weight is 306 g/mol. The Kier molecular flexibility index (Phi) is 6.10. The molecule has 0 saturated heterocycles. The molecule has 0 aromatic carbocycles. The van der Waals surface area contributed by atoms with E-state index in [2.05, 4.69) is 44.6 Å². The van der Waals surface area contributed by atoms with Gasteiger partial charge < -0.3 is 15.0 Å². The summed E-state index contributed by atoms with van der Waals surface area (Å²) in [5, 5.41) is 5.37. The molecule has 0 aliphatic heterocycles. The van der Waals surface area contributed by atoms with Gasteiger partial charge in [-0.3, -0.25) is 0 Å². The lowest BCUT2D eigenvalue weighted by atomic mass is 10.2. The van der Waals surface area contributed by atoms with Crippen LogP contribution < -0.4 is 10.2 Å². The first kappa shape index (κ1) is 15.9. The summed E-state index contributed by atoms with van der Waals surface area (Å²) >= 11 is 1.75. The quantitative estimate of drug-likeness (QED) is 0.759. The number of hydrogen-bond donors (Lipinski definition) is 1. The van der Waals surface area contributed by atoms with Gasteiger partial charge in [-0.1, -0.05) is 6.07 Å². The van der Waals surface area contributed by atoms with Crippen LogP contribution in [-0.2, 0) is 11.3 Å². The van der Waals surface area contributed by atoms with Gasteiger partial charge >= 0.3 is 0 Å². The molecule has 2 aromatic heterocycles. The molecule has 0 bridgehead atoms. The molecule has 2 rings (SSSR count). The summed E-state index contributed by atoms with van der Waals surface area (Å²) in [6.07, 6.45) is 3.75. The third-order valence-electron chi connectivity index (χ3n) is 3.36. The zero-order valence-corrected chi connectivity index (χ0v) is 13.6. The van der Waals surface area contributed by atoms with E-state index in [1.54, 1.807) is 18.4 Å². The van der Waals surface area contributed by atoms with Gasteiger partial charge in [-0.15, -0.1) is 11.3 Å². The van der Waals surface area contributed by atoms with Gasteiger partial charge in [0, 0.05) is 50.1 Å². The van der Waals surface area contributed by atoms with Crippen molar-refractivity contribution in [3.8, 4) is 0 Å². The predicted octanol–water partition coefficient (Wildman–Crippen LogP) is 2.47. The fraction of sp³-hybridized carbons (Fsp3) is 0.467. The molecule has 1 unspecified atom stereocenters. The molecule has 1 atom stereocenters. The van der Waals surface area contributed by atoms with Gasteiger partial charge in [-0.25, -0.2) is 9.97 Å². The summed E-state index contributed by atoms with van der Waals surface area (Å²) in [6.45, 7) is 4.46. The maximum absolute atomic E-state index is 4.99. The molecule has 2 aromatic rings. The van der Waals surface area contributed by atoms with Crippen LogP contribution in [-0.4, -0.2) is 37.3 Å². The normalized spacial score (nSPS) is 12.3. The lowest BCUT2D eigenvalue weighted by molar-refractivity contribution is 0.199. The summed E-state index contributed by atoms with van der Waals surface area (Å²) in [5.41, 5.74) is 1.08. The maximum atomic E-state index is 4.99. The van der Waals surface area contributed by atoms with E-state index in [1.165, 1.54) is 4.88 Å². The van der Waals surface area contributed by atoms with Gasteiger partial charge in [0.15, 0.2) is 0 Å². The minimum atomic E-state index is 0.274. The smallest absolute Gasteiger partial charge is 0.225 e. The predicted molar refractivity (Wildman–Crippen MR) is 86.8 cm³/mol. The van der Waals surface area contributed by atoms with Crippen molar-refractivity contribution < 1.29 is 4.74 Å². The highest BCUT2D eigenvalue weighted by molar-refractivity contribution is 7.10. The van der Waals surface area contributed by atoms with Crippen LogP contribution in [0.2, 0.25) is 0 Å². The minimum absolute atomic E-state index is 0.274. The number of thiophene rings is 1. The molecular weight excluding hydrogens is 284 g/mol. The molecule has 0 radical (unpaired) electrons. The Bertz CT molecular complexity index is 515. The zero-order chi connectivity index (χ0) is 15.1. The van der Waals surface area contributed by atoms with Crippen LogP contribution in [0.4, 0.5) is 5.95 Å². The van der Waals surface area contributed by atoms with E-state index in [1.807, 2.05) is 19.4 Å². The van der Waals surface area contributed by atoms with E-state index < -0.39 is 0 Å². The number of methoxy groups -OCH3 is 1. The minimum Gasteiger partial charge on any atom is -0.383 e. The Hall–Kier alpha value is -1.50. The lowest BCUT2D eigenvalue weighted by Crippen LogP contribution is -2.23. The maximum Gasteiger partial charge on any atom is 0.225 e. The SMILES string of the molecule is COCCNCc1cnc(N(C)C(C)c2cccs2)nc1. The van der Waals surface area contributed by atoms with Crippen molar-refractivity contribution in [1.82, 2.24) is 15.3 Å². The van der Waals surface area contributed by atoms with Crippen LogP contribution in [0.5, 0.6) is 0 Å². The zero-order valence-electron chi connectivity index (χ0n) is 12.7. The summed E-state index contributed by atoms with van der Waals surface area (Å²) in [6, 6.07) is 4.48. The third-order valence-corrected chi connectivity index (χ3v) is 4.40. The number of hydrogen-bond acceptors (Lipinski definition) is 6. The van der Waals surface area contributed by atoms with Gasteiger partial charge in [0.25, 0.3) is 0 Å². The summed E-state index contributed by atoms with van der Waals surface area (Å²) < 4.78 is 4.99. The molecular formula is C15H22N4OS. The number of nitrogens with one attached hydrogen (secondary N) is 1. The number of rotatable bonds is 8. The van der Waals surface area contributed by atoms with E-state index >= 15 is 0 Å². The van der Waals surface area contributed by atoms with Gasteiger partial charge in [0.1, 0.15) is 0 Å². The van der Waals surface area contributed by atoms with Gasteiger partial charge in [0.05, 0.1) is 12.6 Å². The number of aromatic nitrogens is 2. The molecule has 2 heterocycles. The summed E-state index contributed by atoms with van der Waals surface area (Å²) in [5.74, 6) is 0.747. The van der Waals surface area contributed by atoms with Gasteiger partial charge in [-0.05, 0) is 18.4 Å². The molecule has 0 aliphatic rings. The van der Waals surface area contributed by atoms with Crippen LogP contribution in [0.15, 0.2) is 29.9 Å². The van der Waals surface area contributed by atoms with E-state index in [-0.39, 0.29) is 6.04 Å². The van der Waals surface area contributed by atoms with Crippen LogP contribution in [0.3, 0.4) is 0 Å². The largest absolute Gasteiger partial charge is 0.383 e. The van der Waals surface area contributed by atoms with Crippen molar-refractivity contribution in [1.29, 1.82) is 0 Å². The highest BCUT2D eigenvalue weighted by Crippen LogP contribution is 2.25. The Morgan fingerprint density at radius 2 is 2.14 bits per heavy atom. The molecule has 0 fully saturated rings. The monoisotopic (exact) mass is 306 g/mol. The van der Waals surface area contributed by atoms with Crippen molar-refractivity contribution in [3.05, 3.63) is 40.3 Å². The third kappa shape index (κ3) is 4.49. The Labute approximate surface area is 130 Å². The van der Waals surface area contributed by atoms with Crippen LogP contribution in [0, 0.1) is 0 Å². The number of ether oxygens (including phenoxy) is 1. The lowest BCUT2D eigenvalue weighted by Gasteiger charge is -2.23. The summed E-state index contributed by atoms with van der Waals surface area (Å²) in [4.78, 5) is 12.3. The van der Waals surface area contributed by atoms with Crippen molar-refractivity contribution in [2.75, 3.05) is 32.2 Å². The molecule has 5 nitrogen and oxygen atoms in total. The first-order valence-electron chi connectivity index (χ1n) is 6.99. The molecule has 114 valence electrons. The topological polar surface area (TPSA) is 50.3 Å². The Balaban J connectivity index is 1.92. The number of nitrogens with zero attached hydrogens (tertiary/aromatic N) is 3. The second kappa shape index (κ2) is 8.07. The van der Waals surface area contributed by atoms with Gasteiger partial charge in [0.2, 0.25) is 5.95 Å². The van der Waals surface area contributed by atoms with Crippen molar-refractivity contribution in [3.63, 3.8) is 0 Å². The molecule has 0 saturated carbocycles. The Morgan fingerprint density at radius 1 is 1.38 bits per heavy atom. The Morgan fingerprint density at radius 3 is 2.76 bits per heavy atom. The second-order valence-corrected chi connectivity index (χ2v) is 5.84.